The summed E-state index contributed by atoms with van der Waals surface area (Å²) in [6, 6.07) is 9.64. The molecule has 0 spiro atoms. The number of benzene rings is 1. The fourth-order valence-corrected chi connectivity index (χ4v) is 4.26. The lowest BCUT2D eigenvalue weighted by atomic mass is 9.77. The van der Waals surface area contributed by atoms with Gasteiger partial charge in [0.05, 0.1) is 5.69 Å². The Bertz CT molecular complexity index is 684. The third-order valence-electron chi connectivity index (χ3n) is 6.04. The van der Waals surface area contributed by atoms with Crippen molar-refractivity contribution in [3.63, 3.8) is 0 Å². The van der Waals surface area contributed by atoms with Crippen molar-refractivity contribution in [1.82, 2.24) is 4.98 Å². The van der Waals surface area contributed by atoms with Gasteiger partial charge in [-0.15, -0.1) is 0 Å². The van der Waals surface area contributed by atoms with Crippen molar-refractivity contribution in [2.45, 2.75) is 77.6 Å². The first-order valence-corrected chi connectivity index (χ1v) is 10.5. The molecule has 1 saturated carbocycles. The average molecular weight is 354 g/mol. The maximum Gasteiger partial charge on any atom is 0.132 e. The highest BCUT2D eigenvalue weighted by Gasteiger charge is 2.22. The van der Waals surface area contributed by atoms with Gasteiger partial charge in [-0.1, -0.05) is 51.7 Å². The van der Waals surface area contributed by atoms with E-state index in [1.807, 2.05) is 31.3 Å². The molecule has 1 aliphatic carbocycles. The number of nitrogens with zero attached hydrogens (tertiary/aromatic N) is 1. The highest BCUT2D eigenvalue weighted by atomic mass is 19.1. The van der Waals surface area contributed by atoms with Gasteiger partial charge in [0.2, 0.25) is 0 Å². The van der Waals surface area contributed by atoms with Crippen LogP contribution in [0.5, 0.6) is 0 Å². The molecule has 0 aliphatic heterocycles. The number of rotatable bonds is 7. The number of hydrogen-bond acceptors (Lipinski definition) is 1. The van der Waals surface area contributed by atoms with Crippen LogP contribution >= 0.6 is 0 Å². The summed E-state index contributed by atoms with van der Waals surface area (Å²) in [6.45, 7) is 4.32. The Kier molecular flexibility index (Phi) is 6.82. The number of aromatic nitrogens is 1. The molecule has 0 atom stereocenters. The predicted octanol–water partition coefficient (Wildman–Crippen LogP) is 7.30. The lowest BCUT2D eigenvalue weighted by molar-refractivity contribution is 0.302. The first kappa shape index (κ1) is 19.1. The van der Waals surface area contributed by atoms with E-state index in [4.69, 9.17) is 0 Å². The molecule has 0 radical (unpaired) electrons. The molecule has 1 heterocycles. The first-order valence-electron chi connectivity index (χ1n) is 10.5. The summed E-state index contributed by atoms with van der Waals surface area (Å²) in [5.74, 6) is 1.39. The molecule has 140 valence electrons. The fraction of sp³-hybridized carbons (Fsp3) is 0.542. The largest absolute Gasteiger partial charge is 0.256 e. The van der Waals surface area contributed by atoms with Gasteiger partial charge in [0.1, 0.15) is 5.82 Å². The van der Waals surface area contributed by atoms with Crippen molar-refractivity contribution in [3.8, 4) is 11.3 Å². The molecule has 1 nitrogen and oxygen atoms in total. The van der Waals surface area contributed by atoms with Gasteiger partial charge < -0.3 is 0 Å². The molecule has 0 saturated heterocycles. The third-order valence-corrected chi connectivity index (χ3v) is 6.04. The van der Waals surface area contributed by atoms with Crippen LogP contribution in [0, 0.1) is 11.7 Å². The maximum atomic E-state index is 14.3. The van der Waals surface area contributed by atoms with E-state index in [0.29, 0.717) is 11.5 Å². The maximum absolute atomic E-state index is 14.3. The number of pyridine rings is 1. The normalized spacial score (nSPS) is 20.3. The second-order valence-corrected chi connectivity index (χ2v) is 7.86. The molecular formula is C24H32FN. The van der Waals surface area contributed by atoms with E-state index in [0.717, 1.165) is 23.6 Å². The summed E-state index contributed by atoms with van der Waals surface area (Å²) < 4.78 is 14.3. The highest BCUT2D eigenvalue weighted by Crippen LogP contribution is 2.38. The van der Waals surface area contributed by atoms with Crippen molar-refractivity contribution >= 4 is 0 Å². The van der Waals surface area contributed by atoms with Crippen LogP contribution in [-0.4, -0.2) is 4.98 Å². The van der Waals surface area contributed by atoms with Crippen molar-refractivity contribution in [2.24, 2.45) is 5.92 Å². The Balaban J connectivity index is 1.60. The van der Waals surface area contributed by atoms with E-state index in [1.54, 1.807) is 6.07 Å². The molecule has 2 heteroatoms. The number of unbranched alkanes of at least 4 members (excludes halogenated alkanes) is 2. The molecule has 2 aromatic rings. The Morgan fingerprint density at radius 3 is 2.42 bits per heavy atom. The number of halogens is 1. The van der Waals surface area contributed by atoms with Gasteiger partial charge in [-0.25, -0.2) is 4.39 Å². The lowest BCUT2D eigenvalue weighted by Crippen LogP contribution is -2.13. The lowest BCUT2D eigenvalue weighted by Gasteiger charge is -2.28. The van der Waals surface area contributed by atoms with Crippen molar-refractivity contribution < 1.29 is 4.39 Å². The Hall–Kier alpha value is -1.70. The summed E-state index contributed by atoms with van der Waals surface area (Å²) >= 11 is 0. The Morgan fingerprint density at radius 1 is 1.00 bits per heavy atom. The van der Waals surface area contributed by atoms with E-state index >= 15 is 0 Å². The van der Waals surface area contributed by atoms with Gasteiger partial charge in [-0.3, -0.25) is 4.98 Å². The van der Waals surface area contributed by atoms with Crippen LogP contribution in [0.4, 0.5) is 4.39 Å². The van der Waals surface area contributed by atoms with Crippen molar-refractivity contribution in [3.05, 3.63) is 53.5 Å². The smallest absolute Gasteiger partial charge is 0.132 e. The van der Waals surface area contributed by atoms with Crippen LogP contribution in [0.25, 0.3) is 11.3 Å². The second-order valence-electron chi connectivity index (χ2n) is 7.86. The minimum absolute atomic E-state index is 0.169. The van der Waals surface area contributed by atoms with Gasteiger partial charge in [-0.2, -0.15) is 0 Å². The molecule has 1 fully saturated rings. The van der Waals surface area contributed by atoms with E-state index in [2.05, 4.69) is 18.0 Å². The zero-order chi connectivity index (χ0) is 18.4. The predicted molar refractivity (Wildman–Crippen MR) is 108 cm³/mol. The van der Waals surface area contributed by atoms with Crippen LogP contribution in [-0.2, 0) is 6.42 Å². The van der Waals surface area contributed by atoms with Gasteiger partial charge >= 0.3 is 0 Å². The monoisotopic (exact) mass is 353 g/mol. The van der Waals surface area contributed by atoms with E-state index in [9.17, 15) is 4.39 Å². The van der Waals surface area contributed by atoms with Crippen LogP contribution in [0.3, 0.4) is 0 Å². The summed E-state index contributed by atoms with van der Waals surface area (Å²) in [6.07, 6.45) is 13.6. The van der Waals surface area contributed by atoms with Crippen LogP contribution in [0.2, 0.25) is 0 Å². The third kappa shape index (κ3) is 4.72. The second kappa shape index (κ2) is 9.30. The van der Waals surface area contributed by atoms with E-state index in [-0.39, 0.29) is 5.82 Å². The molecule has 0 unspecified atom stereocenters. The van der Waals surface area contributed by atoms with Crippen LogP contribution in [0.1, 0.15) is 82.3 Å². The molecule has 0 amide bonds. The molecular weight excluding hydrogens is 321 g/mol. The minimum Gasteiger partial charge on any atom is -0.256 e. The molecule has 0 bridgehead atoms. The zero-order valence-corrected chi connectivity index (χ0v) is 16.3. The van der Waals surface area contributed by atoms with Gasteiger partial charge in [-0.05, 0) is 73.3 Å². The number of aryl methyl sites for hydroxylation is 1. The SMILES string of the molecule is CCCCC[C@H]1CC[C@H](c2ccc(-c3ccc(CC)cc3F)nc2)CC1. The van der Waals surface area contributed by atoms with Gasteiger partial charge in [0, 0.05) is 11.8 Å². The Labute approximate surface area is 158 Å². The molecule has 0 N–H and O–H groups in total. The van der Waals surface area contributed by atoms with E-state index < -0.39 is 0 Å². The first-order chi connectivity index (χ1) is 12.7. The molecule has 1 aromatic carbocycles. The van der Waals surface area contributed by atoms with Crippen molar-refractivity contribution in [2.75, 3.05) is 0 Å². The molecule has 3 rings (SSSR count). The van der Waals surface area contributed by atoms with Gasteiger partial charge in [0.15, 0.2) is 0 Å². The minimum atomic E-state index is -0.169. The van der Waals surface area contributed by atoms with Crippen LogP contribution < -0.4 is 0 Å². The summed E-state index contributed by atoms with van der Waals surface area (Å²) in [4.78, 5) is 4.58. The standard InChI is InChI=1S/C24H32FN/c1-3-5-6-7-19-8-11-20(12-9-19)21-13-15-24(26-17-21)22-14-10-18(4-2)16-23(22)25/h10,13-17,19-20H,3-9,11-12H2,1-2H3/t19-,20-. The highest BCUT2D eigenvalue weighted by molar-refractivity contribution is 5.60. The molecule has 26 heavy (non-hydrogen) atoms. The summed E-state index contributed by atoms with van der Waals surface area (Å²) in [7, 11) is 0. The van der Waals surface area contributed by atoms with Gasteiger partial charge in [0.25, 0.3) is 0 Å². The van der Waals surface area contributed by atoms with Crippen molar-refractivity contribution in [1.29, 1.82) is 0 Å². The summed E-state index contributed by atoms with van der Waals surface area (Å²) in [5.41, 5.74) is 3.69. The number of hydrogen-bond donors (Lipinski definition) is 0. The fourth-order valence-electron chi connectivity index (χ4n) is 4.26. The molecule has 1 aromatic heterocycles. The van der Waals surface area contributed by atoms with E-state index in [1.165, 1.54) is 56.9 Å². The molecule has 1 aliphatic rings. The quantitative estimate of drug-likeness (QED) is 0.476. The average Bonchev–Trinajstić information content (AvgIpc) is 2.69. The van der Waals surface area contributed by atoms with Crippen LogP contribution in [0.15, 0.2) is 36.5 Å². The topological polar surface area (TPSA) is 12.9 Å². The Morgan fingerprint density at radius 2 is 1.81 bits per heavy atom. The zero-order valence-electron chi connectivity index (χ0n) is 16.3. The summed E-state index contributed by atoms with van der Waals surface area (Å²) in [5, 5.41) is 0.